The molecule has 0 bridgehead atoms. The van der Waals surface area contributed by atoms with E-state index in [4.69, 9.17) is 9.47 Å². The summed E-state index contributed by atoms with van der Waals surface area (Å²) < 4.78 is 15.7. The number of rotatable bonds is 3. The van der Waals surface area contributed by atoms with Crippen molar-refractivity contribution < 1.29 is 23.8 Å². The monoisotopic (exact) mass is 381 g/mol. The Balaban J connectivity index is 1.50. The van der Waals surface area contributed by atoms with Crippen LogP contribution in [0.5, 0.6) is 11.5 Å². The van der Waals surface area contributed by atoms with Crippen molar-refractivity contribution in [3.05, 3.63) is 65.0 Å². The minimum absolute atomic E-state index is 0.387. The SMILES string of the molecule is COC(=O)Nc1ccc(OC(=O)c2cc3c(s2)-c2ccccc2OC3)cc1. The molecular formula is C20H15NO5S. The molecule has 136 valence electrons. The van der Waals surface area contributed by atoms with E-state index in [1.54, 1.807) is 24.3 Å². The number of carbonyl (C=O) groups excluding carboxylic acids is 2. The lowest BCUT2D eigenvalue weighted by Gasteiger charge is -2.16. The Morgan fingerprint density at radius 3 is 2.67 bits per heavy atom. The Morgan fingerprint density at radius 2 is 1.89 bits per heavy atom. The number of carbonyl (C=O) groups is 2. The highest BCUT2D eigenvalue weighted by Gasteiger charge is 2.23. The molecule has 27 heavy (non-hydrogen) atoms. The van der Waals surface area contributed by atoms with Crippen molar-refractivity contribution >= 4 is 29.1 Å². The predicted molar refractivity (Wildman–Crippen MR) is 102 cm³/mol. The van der Waals surface area contributed by atoms with E-state index >= 15 is 0 Å². The molecular weight excluding hydrogens is 366 g/mol. The Kier molecular flexibility index (Phi) is 4.52. The van der Waals surface area contributed by atoms with Crippen molar-refractivity contribution in [2.24, 2.45) is 0 Å². The number of amides is 1. The molecule has 1 amide bonds. The molecule has 0 aliphatic carbocycles. The van der Waals surface area contributed by atoms with Crippen LogP contribution in [0.15, 0.2) is 54.6 Å². The van der Waals surface area contributed by atoms with Gasteiger partial charge in [0.15, 0.2) is 0 Å². The number of para-hydroxylation sites is 1. The number of hydrogen-bond donors (Lipinski definition) is 1. The van der Waals surface area contributed by atoms with Crippen LogP contribution in [-0.4, -0.2) is 19.2 Å². The van der Waals surface area contributed by atoms with Gasteiger partial charge in [-0.1, -0.05) is 12.1 Å². The zero-order valence-corrected chi connectivity index (χ0v) is 15.2. The molecule has 0 fully saturated rings. The summed E-state index contributed by atoms with van der Waals surface area (Å²) in [5.74, 6) is 0.777. The van der Waals surface area contributed by atoms with Gasteiger partial charge < -0.3 is 14.2 Å². The van der Waals surface area contributed by atoms with Crippen LogP contribution in [0.25, 0.3) is 10.4 Å². The molecule has 0 spiro atoms. The summed E-state index contributed by atoms with van der Waals surface area (Å²) in [4.78, 5) is 25.2. The van der Waals surface area contributed by atoms with Gasteiger partial charge in [-0.25, -0.2) is 9.59 Å². The fourth-order valence-electron chi connectivity index (χ4n) is 2.73. The van der Waals surface area contributed by atoms with Gasteiger partial charge in [-0.2, -0.15) is 0 Å². The summed E-state index contributed by atoms with van der Waals surface area (Å²) in [6.45, 7) is 0.435. The van der Waals surface area contributed by atoms with Gasteiger partial charge in [0.25, 0.3) is 0 Å². The molecule has 6 nitrogen and oxygen atoms in total. The average molecular weight is 381 g/mol. The van der Waals surface area contributed by atoms with Gasteiger partial charge >= 0.3 is 12.1 Å². The fraction of sp³-hybridized carbons (Fsp3) is 0.100. The molecule has 0 radical (unpaired) electrons. The maximum absolute atomic E-state index is 12.5. The molecule has 4 rings (SSSR count). The Hall–Kier alpha value is -3.32. The van der Waals surface area contributed by atoms with E-state index < -0.39 is 12.1 Å². The van der Waals surface area contributed by atoms with Crippen molar-refractivity contribution in [1.82, 2.24) is 0 Å². The van der Waals surface area contributed by atoms with E-state index in [1.165, 1.54) is 18.4 Å². The number of nitrogens with one attached hydrogen (secondary N) is 1. The van der Waals surface area contributed by atoms with Crippen LogP contribution < -0.4 is 14.8 Å². The molecule has 0 atom stereocenters. The largest absolute Gasteiger partial charge is 0.488 e. The van der Waals surface area contributed by atoms with Crippen LogP contribution in [0, 0.1) is 0 Å². The summed E-state index contributed by atoms with van der Waals surface area (Å²) in [6, 6.07) is 16.0. The molecule has 2 aromatic carbocycles. The van der Waals surface area contributed by atoms with Crippen molar-refractivity contribution in [3.63, 3.8) is 0 Å². The molecule has 1 aliphatic rings. The molecule has 1 aromatic heterocycles. The van der Waals surface area contributed by atoms with Crippen LogP contribution in [0.2, 0.25) is 0 Å². The molecule has 3 aromatic rings. The van der Waals surface area contributed by atoms with Crippen LogP contribution in [0.4, 0.5) is 10.5 Å². The van der Waals surface area contributed by atoms with E-state index in [9.17, 15) is 9.59 Å². The highest BCUT2D eigenvalue weighted by atomic mass is 32.1. The normalized spacial score (nSPS) is 11.6. The van der Waals surface area contributed by atoms with Gasteiger partial charge in [-0.05, 0) is 42.5 Å². The van der Waals surface area contributed by atoms with Gasteiger partial charge in [0, 0.05) is 21.7 Å². The lowest BCUT2D eigenvalue weighted by molar-refractivity contribution is 0.0739. The minimum atomic E-state index is -0.564. The second-order valence-corrected chi connectivity index (χ2v) is 6.83. The third-order valence-corrected chi connectivity index (χ3v) is 5.21. The number of hydrogen-bond acceptors (Lipinski definition) is 6. The molecule has 0 saturated heterocycles. The van der Waals surface area contributed by atoms with Gasteiger partial charge in [0.1, 0.15) is 23.0 Å². The first-order valence-corrected chi connectivity index (χ1v) is 8.98. The third kappa shape index (κ3) is 3.50. The standard InChI is InChI=1S/C20H15NO5S/c1-24-20(23)21-13-6-8-14(9-7-13)26-19(22)17-10-12-11-25-16-5-3-2-4-15(16)18(12)27-17/h2-10H,11H2,1H3,(H,21,23). The molecule has 0 unspecified atom stereocenters. The first kappa shape index (κ1) is 17.1. The van der Waals surface area contributed by atoms with E-state index in [0.29, 0.717) is 22.9 Å². The Morgan fingerprint density at radius 1 is 1.11 bits per heavy atom. The molecule has 0 saturated carbocycles. The summed E-state index contributed by atoms with van der Waals surface area (Å²) in [6.07, 6.45) is -0.564. The zero-order chi connectivity index (χ0) is 18.8. The number of thiophene rings is 1. The second-order valence-electron chi connectivity index (χ2n) is 5.78. The summed E-state index contributed by atoms with van der Waals surface area (Å²) in [5, 5.41) is 2.53. The van der Waals surface area contributed by atoms with E-state index in [1.807, 2.05) is 30.3 Å². The minimum Gasteiger partial charge on any atom is -0.488 e. The van der Waals surface area contributed by atoms with Gasteiger partial charge in [0.2, 0.25) is 0 Å². The zero-order valence-electron chi connectivity index (χ0n) is 14.4. The van der Waals surface area contributed by atoms with Gasteiger partial charge in [-0.3, -0.25) is 5.32 Å². The first-order valence-electron chi connectivity index (χ1n) is 8.16. The van der Waals surface area contributed by atoms with E-state index in [-0.39, 0.29) is 0 Å². The van der Waals surface area contributed by atoms with E-state index in [0.717, 1.165) is 21.8 Å². The molecule has 2 heterocycles. The summed E-state index contributed by atoms with van der Waals surface area (Å²) in [5.41, 5.74) is 2.51. The van der Waals surface area contributed by atoms with Crippen molar-refractivity contribution in [3.8, 4) is 21.9 Å². The summed E-state index contributed by atoms with van der Waals surface area (Å²) >= 11 is 1.39. The maximum atomic E-state index is 12.5. The molecule has 1 N–H and O–H groups in total. The number of fused-ring (bicyclic) bond motifs is 3. The number of benzene rings is 2. The lowest BCUT2D eigenvalue weighted by Crippen LogP contribution is -2.11. The smallest absolute Gasteiger partial charge is 0.411 e. The number of anilines is 1. The quantitative estimate of drug-likeness (QED) is 0.526. The van der Waals surface area contributed by atoms with Crippen LogP contribution >= 0.6 is 11.3 Å². The van der Waals surface area contributed by atoms with Crippen molar-refractivity contribution in [2.75, 3.05) is 12.4 Å². The van der Waals surface area contributed by atoms with Crippen molar-refractivity contribution in [1.29, 1.82) is 0 Å². The van der Waals surface area contributed by atoms with Crippen molar-refractivity contribution in [2.45, 2.75) is 6.61 Å². The second kappa shape index (κ2) is 7.13. The predicted octanol–water partition coefficient (Wildman–Crippen LogP) is 4.71. The van der Waals surface area contributed by atoms with Gasteiger partial charge in [-0.15, -0.1) is 11.3 Å². The Labute approximate surface area is 159 Å². The van der Waals surface area contributed by atoms with Crippen LogP contribution in [0.3, 0.4) is 0 Å². The third-order valence-electron chi connectivity index (χ3n) is 4.02. The number of esters is 1. The number of ether oxygens (including phenoxy) is 3. The number of methoxy groups -OCH3 is 1. The first-order chi connectivity index (χ1) is 13.1. The van der Waals surface area contributed by atoms with Crippen LogP contribution in [0.1, 0.15) is 15.2 Å². The fourth-order valence-corrected chi connectivity index (χ4v) is 3.81. The summed E-state index contributed by atoms with van der Waals surface area (Å²) in [7, 11) is 1.29. The molecule has 1 aliphatic heterocycles. The van der Waals surface area contributed by atoms with E-state index in [2.05, 4.69) is 10.1 Å². The lowest BCUT2D eigenvalue weighted by atomic mass is 10.1. The maximum Gasteiger partial charge on any atom is 0.411 e. The Bertz CT molecular complexity index is 1010. The molecule has 7 heteroatoms. The highest BCUT2D eigenvalue weighted by molar-refractivity contribution is 7.17. The van der Waals surface area contributed by atoms with Crippen LogP contribution in [-0.2, 0) is 11.3 Å². The van der Waals surface area contributed by atoms with Gasteiger partial charge in [0.05, 0.1) is 7.11 Å². The highest BCUT2D eigenvalue weighted by Crippen LogP contribution is 2.42. The topological polar surface area (TPSA) is 73.9 Å². The average Bonchev–Trinajstić information content (AvgIpc) is 3.14.